The van der Waals surface area contributed by atoms with Crippen molar-refractivity contribution in [3.05, 3.63) is 48.3 Å². The highest BCUT2D eigenvalue weighted by molar-refractivity contribution is 5.33. The average molecular weight is 271 g/mol. The van der Waals surface area contributed by atoms with Gasteiger partial charge in [-0.1, -0.05) is 19.1 Å². The first kappa shape index (κ1) is 13.3. The fraction of sp³-hybridized carbons (Fsp3) is 0.438. The van der Waals surface area contributed by atoms with Crippen LogP contribution in [-0.2, 0) is 6.54 Å². The summed E-state index contributed by atoms with van der Waals surface area (Å²) in [6.45, 7) is 5.03. The van der Waals surface area contributed by atoms with E-state index in [0.717, 1.165) is 31.7 Å². The number of aromatic nitrogens is 2. The van der Waals surface area contributed by atoms with Gasteiger partial charge in [0.1, 0.15) is 0 Å². The zero-order valence-electron chi connectivity index (χ0n) is 11.8. The monoisotopic (exact) mass is 271 g/mol. The van der Waals surface area contributed by atoms with Gasteiger partial charge in [0.05, 0.1) is 11.8 Å². The van der Waals surface area contributed by atoms with Crippen LogP contribution in [0.15, 0.2) is 42.7 Å². The SMILES string of the molecule is CC1CN(Cc2ccc(-n3cccn3)cc2)CCC1O. The fourth-order valence-corrected chi connectivity index (χ4v) is 2.80. The zero-order chi connectivity index (χ0) is 13.9. The van der Waals surface area contributed by atoms with E-state index in [2.05, 4.69) is 41.2 Å². The molecule has 106 valence electrons. The van der Waals surface area contributed by atoms with Gasteiger partial charge in [-0.3, -0.25) is 4.90 Å². The van der Waals surface area contributed by atoms with Gasteiger partial charge in [0, 0.05) is 32.0 Å². The number of aliphatic hydroxyl groups is 1. The van der Waals surface area contributed by atoms with Gasteiger partial charge in [0.2, 0.25) is 0 Å². The number of likely N-dealkylation sites (tertiary alicyclic amines) is 1. The summed E-state index contributed by atoms with van der Waals surface area (Å²) in [7, 11) is 0. The van der Waals surface area contributed by atoms with E-state index < -0.39 is 0 Å². The summed E-state index contributed by atoms with van der Waals surface area (Å²) in [4.78, 5) is 2.42. The van der Waals surface area contributed by atoms with E-state index in [9.17, 15) is 5.11 Å². The van der Waals surface area contributed by atoms with Gasteiger partial charge in [-0.15, -0.1) is 0 Å². The zero-order valence-corrected chi connectivity index (χ0v) is 11.8. The molecule has 0 bridgehead atoms. The summed E-state index contributed by atoms with van der Waals surface area (Å²) in [5, 5.41) is 14.0. The lowest BCUT2D eigenvalue weighted by molar-refractivity contribution is 0.0320. The van der Waals surface area contributed by atoms with Crippen molar-refractivity contribution in [2.75, 3.05) is 13.1 Å². The van der Waals surface area contributed by atoms with Crippen LogP contribution in [0.1, 0.15) is 18.9 Å². The van der Waals surface area contributed by atoms with E-state index in [1.54, 1.807) is 6.20 Å². The molecule has 1 saturated heterocycles. The van der Waals surface area contributed by atoms with Gasteiger partial charge < -0.3 is 5.11 Å². The highest BCUT2D eigenvalue weighted by Gasteiger charge is 2.23. The molecule has 20 heavy (non-hydrogen) atoms. The summed E-state index contributed by atoms with van der Waals surface area (Å²) in [6.07, 6.45) is 4.48. The molecule has 1 N–H and O–H groups in total. The van der Waals surface area contributed by atoms with E-state index in [-0.39, 0.29) is 6.10 Å². The normalized spacial score (nSPS) is 23.9. The first-order valence-corrected chi connectivity index (χ1v) is 7.22. The molecule has 1 fully saturated rings. The Kier molecular flexibility index (Phi) is 3.85. The molecule has 2 aromatic rings. The molecule has 0 saturated carbocycles. The standard InChI is InChI=1S/C16H21N3O/c1-13-11-18(10-7-16(13)20)12-14-3-5-15(6-4-14)19-9-2-8-17-19/h2-6,8-9,13,16,20H,7,10-12H2,1H3. The molecule has 4 heteroatoms. The molecule has 1 aliphatic rings. The second kappa shape index (κ2) is 5.77. The summed E-state index contributed by atoms with van der Waals surface area (Å²) in [5.41, 5.74) is 2.39. The maximum atomic E-state index is 9.77. The van der Waals surface area contributed by atoms with E-state index in [1.165, 1.54) is 5.56 Å². The van der Waals surface area contributed by atoms with Crippen LogP contribution in [0.2, 0.25) is 0 Å². The molecule has 0 amide bonds. The van der Waals surface area contributed by atoms with E-state index >= 15 is 0 Å². The third kappa shape index (κ3) is 2.92. The number of hydrogen-bond acceptors (Lipinski definition) is 3. The molecule has 4 nitrogen and oxygen atoms in total. The van der Waals surface area contributed by atoms with Crippen molar-refractivity contribution >= 4 is 0 Å². The molecule has 0 aliphatic carbocycles. The molecule has 1 aliphatic heterocycles. The van der Waals surface area contributed by atoms with Crippen LogP contribution >= 0.6 is 0 Å². The second-order valence-corrected chi connectivity index (χ2v) is 5.69. The van der Waals surface area contributed by atoms with Crippen molar-refractivity contribution in [2.24, 2.45) is 5.92 Å². The van der Waals surface area contributed by atoms with Crippen LogP contribution in [0.5, 0.6) is 0 Å². The van der Waals surface area contributed by atoms with Gasteiger partial charge >= 0.3 is 0 Å². The summed E-state index contributed by atoms with van der Waals surface area (Å²) >= 11 is 0. The predicted octanol–water partition coefficient (Wildman–Crippen LogP) is 2.07. The molecule has 0 spiro atoms. The maximum Gasteiger partial charge on any atom is 0.0645 e. The highest BCUT2D eigenvalue weighted by atomic mass is 16.3. The van der Waals surface area contributed by atoms with Crippen LogP contribution in [0, 0.1) is 5.92 Å². The Bertz CT molecular complexity index is 535. The molecule has 1 aromatic carbocycles. The van der Waals surface area contributed by atoms with Crippen LogP contribution in [0.4, 0.5) is 0 Å². The smallest absolute Gasteiger partial charge is 0.0645 e. The first-order valence-electron chi connectivity index (χ1n) is 7.22. The Balaban J connectivity index is 1.64. The first-order chi connectivity index (χ1) is 9.72. The minimum absolute atomic E-state index is 0.131. The fourth-order valence-electron chi connectivity index (χ4n) is 2.80. The summed E-state index contributed by atoms with van der Waals surface area (Å²) in [5.74, 6) is 0.368. The van der Waals surface area contributed by atoms with Crippen molar-refractivity contribution in [2.45, 2.75) is 26.0 Å². The number of aliphatic hydroxyl groups excluding tert-OH is 1. The summed E-state index contributed by atoms with van der Waals surface area (Å²) in [6, 6.07) is 10.4. The quantitative estimate of drug-likeness (QED) is 0.929. The van der Waals surface area contributed by atoms with E-state index in [1.807, 2.05) is 16.9 Å². The highest BCUT2D eigenvalue weighted by Crippen LogP contribution is 2.19. The number of hydrogen-bond donors (Lipinski definition) is 1. The minimum Gasteiger partial charge on any atom is -0.393 e. The Hall–Kier alpha value is -1.65. The third-order valence-corrected chi connectivity index (χ3v) is 4.06. The number of nitrogens with zero attached hydrogens (tertiary/aromatic N) is 3. The van der Waals surface area contributed by atoms with E-state index in [4.69, 9.17) is 0 Å². The van der Waals surface area contributed by atoms with Crippen molar-refractivity contribution in [1.82, 2.24) is 14.7 Å². The molecule has 0 radical (unpaired) electrons. The molecule has 2 atom stereocenters. The van der Waals surface area contributed by atoms with Gasteiger partial charge in [0.25, 0.3) is 0 Å². The van der Waals surface area contributed by atoms with Crippen LogP contribution in [0.25, 0.3) is 5.69 Å². The number of rotatable bonds is 3. The Labute approximate surface area is 119 Å². The molecule has 1 aromatic heterocycles. The number of piperidine rings is 1. The van der Waals surface area contributed by atoms with Crippen LogP contribution in [0.3, 0.4) is 0 Å². The van der Waals surface area contributed by atoms with Crippen LogP contribution < -0.4 is 0 Å². The van der Waals surface area contributed by atoms with Crippen molar-refractivity contribution < 1.29 is 5.11 Å². The van der Waals surface area contributed by atoms with Crippen molar-refractivity contribution in [3.63, 3.8) is 0 Å². The summed E-state index contributed by atoms with van der Waals surface area (Å²) < 4.78 is 1.86. The molecule has 3 rings (SSSR count). The van der Waals surface area contributed by atoms with Gasteiger partial charge in [-0.25, -0.2) is 4.68 Å². The Morgan fingerprint density at radius 3 is 2.75 bits per heavy atom. The van der Waals surface area contributed by atoms with Gasteiger partial charge in [-0.2, -0.15) is 5.10 Å². The lowest BCUT2D eigenvalue weighted by Crippen LogP contribution is -2.41. The molecular formula is C16H21N3O. The maximum absolute atomic E-state index is 9.77. The van der Waals surface area contributed by atoms with Gasteiger partial charge in [0.15, 0.2) is 0 Å². The number of benzene rings is 1. The van der Waals surface area contributed by atoms with Crippen molar-refractivity contribution in [3.8, 4) is 5.69 Å². The Morgan fingerprint density at radius 1 is 1.30 bits per heavy atom. The van der Waals surface area contributed by atoms with Crippen LogP contribution in [-0.4, -0.2) is 39.0 Å². The molecular weight excluding hydrogens is 250 g/mol. The van der Waals surface area contributed by atoms with Crippen molar-refractivity contribution in [1.29, 1.82) is 0 Å². The third-order valence-electron chi connectivity index (χ3n) is 4.06. The van der Waals surface area contributed by atoms with Gasteiger partial charge in [-0.05, 0) is 36.1 Å². The molecule has 2 heterocycles. The molecule has 2 unspecified atom stereocenters. The topological polar surface area (TPSA) is 41.3 Å². The lowest BCUT2D eigenvalue weighted by Gasteiger charge is -2.34. The largest absolute Gasteiger partial charge is 0.393 e. The lowest BCUT2D eigenvalue weighted by atomic mass is 9.96. The predicted molar refractivity (Wildman–Crippen MR) is 78.6 cm³/mol. The Morgan fingerprint density at radius 2 is 2.10 bits per heavy atom. The second-order valence-electron chi connectivity index (χ2n) is 5.69. The minimum atomic E-state index is -0.131. The van der Waals surface area contributed by atoms with E-state index in [0.29, 0.717) is 5.92 Å². The average Bonchev–Trinajstić information content (AvgIpc) is 2.98.